The summed E-state index contributed by atoms with van der Waals surface area (Å²) in [7, 11) is 0. The number of hydrogen-bond acceptors (Lipinski definition) is 7. The SMILES string of the molecule is CC(=O)O[C@H]1[C@@H](C)C/C(C)=C/[C@H]2C=C(C)[C@@H](C)[C@H]3[C@H](CC(C)C)NC(=O)[C@]32OC(=O)/C=C\[C@H]1OC(C)=O. The Morgan fingerprint density at radius 3 is 2.35 bits per heavy atom. The molecule has 8 heteroatoms. The molecule has 8 atom stereocenters. The largest absolute Gasteiger partial charge is 0.458 e. The van der Waals surface area contributed by atoms with E-state index >= 15 is 0 Å². The highest BCUT2D eigenvalue weighted by molar-refractivity contribution is 5.94. The quantitative estimate of drug-likeness (QED) is 0.342. The second-order valence-corrected chi connectivity index (χ2v) is 11.4. The monoisotopic (exact) mass is 515 g/mol. The average molecular weight is 516 g/mol. The van der Waals surface area contributed by atoms with Crippen LogP contribution in [0.1, 0.15) is 68.2 Å². The number of hydrogen-bond donors (Lipinski definition) is 1. The van der Waals surface area contributed by atoms with Gasteiger partial charge in [0.1, 0.15) is 6.10 Å². The first-order chi connectivity index (χ1) is 17.3. The number of ether oxygens (including phenoxy) is 3. The predicted octanol–water partition coefficient (Wildman–Crippen LogP) is 4.05. The Bertz CT molecular complexity index is 1030. The Labute approximate surface area is 219 Å². The molecule has 3 aliphatic rings. The molecule has 3 rings (SSSR count). The molecule has 2 aliphatic heterocycles. The summed E-state index contributed by atoms with van der Waals surface area (Å²) in [6, 6.07) is -0.131. The second-order valence-electron chi connectivity index (χ2n) is 11.4. The summed E-state index contributed by atoms with van der Waals surface area (Å²) in [6.45, 7) is 14.8. The Kier molecular flexibility index (Phi) is 8.70. The van der Waals surface area contributed by atoms with Gasteiger partial charge in [0.15, 0.2) is 6.10 Å². The predicted molar refractivity (Wildman–Crippen MR) is 138 cm³/mol. The van der Waals surface area contributed by atoms with E-state index in [4.69, 9.17) is 14.2 Å². The molecule has 0 bridgehead atoms. The molecule has 204 valence electrons. The molecule has 2 heterocycles. The van der Waals surface area contributed by atoms with Gasteiger partial charge in [0.05, 0.1) is 0 Å². The van der Waals surface area contributed by atoms with Crippen molar-refractivity contribution in [1.29, 1.82) is 0 Å². The summed E-state index contributed by atoms with van der Waals surface area (Å²) < 4.78 is 17.2. The molecule has 1 fully saturated rings. The van der Waals surface area contributed by atoms with Gasteiger partial charge in [-0.2, -0.15) is 0 Å². The summed E-state index contributed by atoms with van der Waals surface area (Å²) in [5.74, 6) is -2.64. The van der Waals surface area contributed by atoms with Crippen molar-refractivity contribution in [2.75, 3.05) is 0 Å². The lowest BCUT2D eigenvalue weighted by Crippen LogP contribution is -2.56. The zero-order valence-corrected chi connectivity index (χ0v) is 23.2. The van der Waals surface area contributed by atoms with Gasteiger partial charge in [0, 0.05) is 43.7 Å². The van der Waals surface area contributed by atoms with Gasteiger partial charge in [-0.25, -0.2) is 4.79 Å². The van der Waals surface area contributed by atoms with Crippen LogP contribution in [0.2, 0.25) is 0 Å². The van der Waals surface area contributed by atoms with Crippen LogP contribution in [0.25, 0.3) is 0 Å². The molecule has 1 spiro atoms. The van der Waals surface area contributed by atoms with Crippen LogP contribution >= 0.6 is 0 Å². The highest BCUT2D eigenvalue weighted by Crippen LogP contribution is 2.51. The van der Waals surface area contributed by atoms with Crippen LogP contribution in [0.15, 0.2) is 35.5 Å². The molecule has 1 saturated heterocycles. The second kappa shape index (κ2) is 11.2. The minimum absolute atomic E-state index is 0.0263. The normalized spacial score (nSPS) is 38.4. The van der Waals surface area contributed by atoms with Gasteiger partial charge in [0.25, 0.3) is 5.91 Å². The maximum atomic E-state index is 13.7. The van der Waals surface area contributed by atoms with E-state index in [-0.39, 0.29) is 29.7 Å². The van der Waals surface area contributed by atoms with E-state index in [1.807, 2.05) is 26.0 Å². The van der Waals surface area contributed by atoms with Gasteiger partial charge >= 0.3 is 17.9 Å². The summed E-state index contributed by atoms with van der Waals surface area (Å²) in [5, 5.41) is 3.16. The van der Waals surface area contributed by atoms with Crippen LogP contribution in [-0.2, 0) is 33.4 Å². The third-order valence-electron chi connectivity index (χ3n) is 7.81. The molecule has 0 unspecified atom stereocenters. The molecule has 8 nitrogen and oxygen atoms in total. The summed E-state index contributed by atoms with van der Waals surface area (Å²) in [4.78, 5) is 50.8. The van der Waals surface area contributed by atoms with E-state index in [2.05, 4.69) is 33.0 Å². The number of carbonyl (C=O) groups excluding carboxylic acids is 4. The van der Waals surface area contributed by atoms with Crippen LogP contribution in [0, 0.1) is 29.6 Å². The van der Waals surface area contributed by atoms with Crippen molar-refractivity contribution in [3.8, 4) is 0 Å². The van der Waals surface area contributed by atoms with E-state index < -0.39 is 41.6 Å². The fraction of sp³-hybridized carbons (Fsp3) is 0.655. The van der Waals surface area contributed by atoms with Crippen molar-refractivity contribution in [2.24, 2.45) is 29.6 Å². The third kappa shape index (κ3) is 5.99. The van der Waals surface area contributed by atoms with E-state index in [1.54, 1.807) is 0 Å². The molecule has 0 aromatic carbocycles. The van der Waals surface area contributed by atoms with Crippen LogP contribution < -0.4 is 5.32 Å². The van der Waals surface area contributed by atoms with Crippen molar-refractivity contribution < 1.29 is 33.4 Å². The Balaban J connectivity index is 2.15. The first-order valence-electron chi connectivity index (χ1n) is 13.2. The maximum absolute atomic E-state index is 13.7. The molecular formula is C29H41NO7. The lowest BCUT2D eigenvalue weighted by molar-refractivity contribution is -0.172. The van der Waals surface area contributed by atoms with E-state index in [9.17, 15) is 19.2 Å². The van der Waals surface area contributed by atoms with Crippen molar-refractivity contribution in [2.45, 2.75) is 92.1 Å². The van der Waals surface area contributed by atoms with Gasteiger partial charge in [0.2, 0.25) is 5.60 Å². The number of amides is 1. The fourth-order valence-corrected chi connectivity index (χ4v) is 6.30. The summed E-state index contributed by atoms with van der Waals surface area (Å²) in [5.41, 5.74) is 0.712. The highest BCUT2D eigenvalue weighted by atomic mass is 16.6. The van der Waals surface area contributed by atoms with Gasteiger partial charge in [-0.3, -0.25) is 14.4 Å². The van der Waals surface area contributed by atoms with Crippen LogP contribution in [0.5, 0.6) is 0 Å². The van der Waals surface area contributed by atoms with Crippen LogP contribution in [0.3, 0.4) is 0 Å². The van der Waals surface area contributed by atoms with E-state index in [0.717, 1.165) is 17.6 Å². The zero-order chi connectivity index (χ0) is 27.7. The number of esters is 3. The standard InChI is InChI=1S/C29H41NO7/c1-15(2)11-23-26-19(6)17(4)14-22-13-16(3)12-18(5)27(36-21(8)32)24(35-20(7)31)9-10-25(33)37-29(22,26)28(34)30-23/h9-10,13-15,18-19,22-24,26-27H,11-12H2,1-8H3,(H,30,34)/b10-9-,16-13+/t18-,19+,22-,23-,24+,26-,27-,29+/m0/s1. The topological polar surface area (TPSA) is 108 Å². The number of allylic oxidation sites excluding steroid dienone is 2. The molecular weight excluding hydrogens is 474 g/mol. The molecule has 1 aliphatic carbocycles. The minimum Gasteiger partial charge on any atom is -0.458 e. The van der Waals surface area contributed by atoms with Crippen molar-refractivity contribution >= 4 is 23.8 Å². The fourth-order valence-electron chi connectivity index (χ4n) is 6.30. The Morgan fingerprint density at radius 2 is 1.76 bits per heavy atom. The zero-order valence-electron chi connectivity index (χ0n) is 23.2. The number of nitrogens with one attached hydrogen (secondary N) is 1. The van der Waals surface area contributed by atoms with Crippen molar-refractivity contribution in [3.05, 3.63) is 35.5 Å². The molecule has 0 aromatic heterocycles. The van der Waals surface area contributed by atoms with Gasteiger partial charge in [-0.05, 0) is 44.6 Å². The summed E-state index contributed by atoms with van der Waals surface area (Å²) in [6.07, 6.45) is 6.11. The average Bonchev–Trinajstić information content (AvgIpc) is 3.03. The first-order valence-corrected chi connectivity index (χ1v) is 13.2. The lowest BCUT2D eigenvalue weighted by Gasteiger charge is -2.45. The maximum Gasteiger partial charge on any atom is 0.331 e. The molecule has 1 amide bonds. The smallest absolute Gasteiger partial charge is 0.331 e. The highest BCUT2D eigenvalue weighted by Gasteiger charge is 2.64. The lowest BCUT2D eigenvalue weighted by atomic mass is 9.63. The molecule has 37 heavy (non-hydrogen) atoms. The van der Waals surface area contributed by atoms with Crippen LogP contribution in [0.4, 0.5) is 0 Å². The van der Waals surface area contributed by atoms with Crippen LogP contribution in [-0.4, -0.2) is 47.7 Å². The molecule has 0 aromatic rings. The van der Waals surface area contributed by atoms with Crippen molar-refractivity contribution in [3.63, 3.8) is 0 Å². The Morgan fingerprint density at radius 1 is 1.11 bits per heavy atom. The van der Waals surface area contributed by atoms with Gasteiger partial charge < -0.3 is 19.5 Å². The summed E-state index contributed by atoms with van der Waals surface area (Å²) >= 11 is 0. The van der Waals surface area contributed by atoms with E-state index in [0.29, 0.717) is 12.3 Å². The number of carbonyl (C=O) groups is 4. The first kappa shape index (κ1) is 28.7. The number of rotatable bonds is 4. The van der Waals surface area contributed by atoms with E-state index in [1.165, 1.54) is 26.0 Å². The van der Waals surface area contributed by atoms with Crippen molar-refractivity contribution in [1.82, 2.24) is 5.32 Å². The van der Waals surface area contributed by atoms with Gasteiger partial charge in [-0.15, -0.1) is 0 Å². The molecule has 0 radical (unpaired) electrons. The Hall–Kier alpha value is -2.90. The minimum atomic E-state index is -1.39. The third-order valence-corrected chi connectivity index (χ3v) is 7.81. The molecule has 0 saturated carbocycles. The van der Waals surface area contributed by atoms with Gasteiger partial charge in [-0.1, -0.05) is 51.0 Å². The molecule has 1 N–H and O–H groups in total.